The van der Waals surface area contributed by atoms with Crippen LogP contribution in [0.3, 0.4) is 0 Å². The lowest BCUT2D eigenvalue weighted by Gasteiger charge is -2.31. The fraction of sp³-hybridized carbons (Fsp3) is 0.571. The number of ether oxygens (including phenoxy) is 1. The number of halogens is 1. The van der Waals surface area contributed by atoms with Crippen LogP contribution in [0.4, 0.5) is 0 Å². The molecule has 1 aliphatic carbocycles. The minimum Gasteiger partial charge on any atom is -0.497 e. The van der Waals surface area contributed by atoms with E-state index in [9.17, 15) is 8.42 Å². The van der Waals surface area contributed by atoms with E-state index >= 15 is 0 Å². The normalized spacial score (nSPS) is 23.0. The summed E-state index contributed by atoms with van der Waals surface area (Å²) in [6, 6.07) is 4.75. The molecule has 1 aromatic carbocycles. The molecule has 1 aromatic rings. The Kier molecular flexibility index (Phi) is 5.65. The third kappa shape index (κ3) is 3.97. The molecule has 5 nitrogen and oxygen atoms in total. The molecule has 0 heterocycles. The van der Waals surface area contributed by atoms with Gasteiger partial charge in [-0.3, -0.25) is 0 Å². The van der Waals surface area contributed by atoms with Crippen molar-refractivity contribution in [2.24, 2.45) is 11.7 Å². The summed E-state index contributed by atoms with van der Waals surface area (Å²) in [7, 11) is -2.02. The van der Waals surface area contributed by atoms with E-state index in [-0.39, 0.29) is 16.9 Å². The number of sulfonamides is 1. The maximum atomic E-state index is 12.6. The van der Waals surface area contributed by atoms with Gasteiger partial charge in [-0.2, -0.15) is 0 Å². The highest BCUT2D eigenvalue weighted by molar-refractivity contribution is 9.10. The van der Waals surface area contributed by atoms with Crippen LogP contribution in [-0.2, 0) is 10.0 Å². The van der Waals surface area contributed by atoms with Crippen LogP contribution in [-0.4, -0.2) is 28.1 Å². The van der Waals surface area contributed by atoms with Crippen molar-refractivity contribution in [3.63, 3.8) is 0 Å². The second-order valence-electron chi connectivity index (χ2n) is 5.30. The monoisotopic (exact) mass is 376 g/mol. The summed E-state index contributed by atoms with van der Waals surface area (Å²) in [5.41, 5.74) is 5.76. The van der Waals surface area contributed by atoms with Crippen LogP contribution < -0.4 is 15.2 Å². The molecule has 0 bridgehead atoms. The van der Waals surface area contributed by atoms with Gasteiger partial charge in [0.15, 0.2) is 0 Å². The Balaban J connectivity index is 2.21. The molecule has 2 rings (SSSR count). The summed E-state index contributed by atoms with van der Waals surface area (Å²) >= 11 is 3.30. The van der Waals surface area contributed by atoms with E-state index in [4.69, 9.17) is 10.5 Å². The molecule has 0 radical (unpaired) electrons. The summed E-state index contributed by atoms with van der Waals surface area (Å²) in [5.74, 6) is 0.823. The molecule has 21 heavy (non-hydrogen) atoms. The van der Waals surface area contributed by atoms with Gasteiger partial charge in [0.2, 0.25) is 10.0 Å². The van der Waals surface area contributed by atoms with Gasteiger partial charge in [-0.25, -0.2) is 13.1 Å². The molecule has 1 fully saturated rings. The zero-order chi connectivity index (χ0) is 15.5. The first-order valence-electron chi connectivity index (χ1n) is 7.04. The largest absolute Gasteiger partial charge is 0.497 e. The molecule has 0 aliphatic heterocycles. The first-order valence-corrected chi connectivity index (χ1v) is 9.31. The lowest BCUT2D eigenvalue weighted by Crippen LogP contribution is -2.44. The number of hydrogen-bond acceptors (Lipinski definition) is 4. The molecule has 0 spiro atoms. The van der Waals surface area contributed by atoms with Crippen LogP contribution in [0.5, 0.6) is 5.75 Å². The molecule has 0 saturated heterocycles. The second-order valence-corrected chi connectivity index (χ2v) is 7.84. The van der Waals surface area contributed by atoms with Crippen LogP contribution in [0.25, 0.3) is 0 Å². The minimum absolute atomic E-state index is 0.0808. The van der Waals surface area contributed by atoms with Gasteiger partial charge in [-0.05, 0) is 59.4 Å². The number of nitrogens with two attached hydrogens (primary N) is 1. The standard InChI is InChI=1S/C14H21BrN2O3S/c1-20-11-6-7-14(12(15)8-11)21(18,19)17-13-5-3-2-4-10(13)9-16/h6-8,10,13,17H,2-5,9,16H2,1H3. The lowest BCUT2D eigenvalue weighted by molar-refractivity contribution is 0.296. The Morgan fingerprint density at radius 3 is 2.71 bits per heavy atom. The van der Waals surface area contributed by atoms with Gasteiger partial charge < -0.3 is 10.5 Å². The maximum Gasteiger partial charge on any atom is 0.241 e. The van der Waals surface area contributed by atoms with Gasteiger partial charge in [-0.15, -0.1) is 0 Å². The van der Waals surface area contributed by atoms with Crippen molar-refractivity contribution in [2.75, 3.05) is 13.7 Å². The Morgan fingerprint density at radius 1 is 1.38 bits per heavy atom. The van der Waals surface area contributed by atoms with Gasteiger partial charge in [0, 0.05) is 10.5 Å². The summed E-state index contributed by atoms with van der Waals surface area (Å²) in [6.45, 7) is 0.511. The molecule has 1 saturated carbocycles. The molecular formula is C14H21BrN2O3S. The van der Waals surface area contributed by atoms with E-state index in [1.807, 2.05) is 0 Å². The van der Waals surface area contributed by atoms with Gasteiger partial charge in [0.25, 0.3) is 0 Å². The molecule has 0 amide bonds. The van der Waals surface area contributed by atoms with Crippen molar-refractivity contribution < 1.29 is 13.2 Å². The van der Waals surface area contributed by atoms with Crippen molar-refractivity contribution in [3.05, 3.63) is 22.7 Å². The number of benzene rings is 1. The average molecular weight is 377 g/mol. The van der Waals surface area contributed by atoms with Crippen molar-refractivity contribution in [3.8, 4) is 5.75 Å². The maximum absolute atomic E-state index is 12.6. The highest BCUT2D eigenvalue weighted by atomic mass is 79.9. The first kappa shape index (κ1) is 16.7. The van der Waals surface area contributed by atoms with E-state index in [1.165, 1.54) is 0 Å². The summed E-state index contributed by atoms with van der Waals surface area (Å²) in [4.78, 5) is 0.227. The number of rotatable bonds is 5. The SMILES string of the molecule is COc1ccc(S(=O)(=O)NC2CCCCC2CN)c(Br)c1. The van der Waals surface area contributed by atoms with E-state index in [2.05, 4.69) is 20.7 Å². The predicted octanol–water partition coefficient (Wildman–Crippen LogP) is 2.25. The van der Waals surface area contributed by atoms with Crippen molar-refractivity contribution >= 4 is 26.0 Å². The van der Waals surface area contributed by atoms with Crippen LogP contribution in [0.15, 0.2) is 27.6 Å². The molecule has 0 aromatic heterocycles. The Bertz CT molecular complexity index is 592. The average Bonchev–Trinajstić information content (AvgIpc) is 2.47. The Labute approximate surface area is 134 Å². The Morgan fingerprint density at radius 2 is 2.10 bits per heavy atom. The molecular weight excluding hydrogens is 356 g/mol. The third-order valence-electron chi connectivity index (χ3n) is 3.95. The first-order chi connectivity index (χ1) is 9.97. The van der Waals surface area contributed by atoms with Gasteiger partial charge in [-0.1, -0.05) is 12.8 Å². The number of methoxy groups -OCH3 is 1. The van der Waals surface area contributed by atoms with Gasteiger partial charge in [0.1, 0.15) is 5.75 Å². The van der Waals surface area contributed by atoms with Crippen molar-refractivity contribution in [1.29, 1.82) is 0 Å². The molecule has 118 valence electrons. The fourth-order valence-electron chi connectivity index (χ4n) is 2.73. The van der Waals surface area contributed by atoms with E-state index < -0.39 is 10.0 Å². The van der Waals surface area contributed by atoms with E-state index in [0.29, 0.717) is 16.8 Å². The van der Waals surface area contributed by atoms with Crippen molar-refractivity contribution in [2.45, 2.75) is 36.6 Å². The summed E-state index contributed by atoms with van der Waals surface area (Å²) in [6.07, 6.45) is 3.97. The zero-order valence-corrected chi connectivity index (χ0v) is 14.4. The molecule has 2 atom stereocenters. The zero-order valence-electron chi connectivity index (χ0n) is 12.0. The highest BCUT2D eigenvalue weighted by Gasteiger charge is 2.29. The van der Waals surface area contributed by atoms with Gasteiger partial charge >= 0.3 is 0 Å². The molecule has 2 unspecified atom stereocenters. The highest BCUT2D eigenvalue weighted by Crippen LogP contribution is 2.29. The molecule has 3 N–H and O–H groups in total. The summed E-state index contributed by atoms with van der Waals surface area (Å²) in [5, 5.41) is 0. The van der Waals surface area contributed by atoms with Crippen molar-refractivity contribution in [1.82, 2.24) is 4.72 Å². The minimum atomic E-state index is -3.57. The predicted molar refractivity (Wildman–Crippen MR) is 85.8 cm³/mol. The van der Waals surface area contributed by atoms with Crippen LogP contribution in [0, 0.1) is 5.92 Å². The smallest absolute Gasteiger partial charge is 0.241 e. The van der Waals surface area contributed by atoms with Crippen LogP contribution >= 0.6 is 15.9 Å². The number of hydrogen-bond donors (Lipinski definition) is 2. The summed E-state index contributed by atoms with van der Waals surface area (Å²) < 4.78 is 33.5. The third-order valence-corrected chi connectivity index (χ3v) is 6.41. The van der Waals surface area contributed by atoms with Gasteiger partial charge in [0.05, 0.1) is 12.0 Å². The Hall–Kier alpha value is -0.630. The van der Waals surface area contributed by atoms with E-state index in [0.717, 1.165) is 25.7 Å². The van der Waals surface area contributed by atoms with E-state index in [1.54, 1.807) is 25.3 Å². The topological polar surface area (TPSA) is 81.4 Å². The van der Waals surface area contributed by atoms with Crippen LogP contribution in [0.2, 0.25) is 0 Å². The number of nitrogens with one attached hydrogen (secondary N) is 1. The second kappa shape index (κ2) is 7.09. The molecule has 1 aliphatic rings. The fourth-order valence-corrected chi connectivity index (χ4v) is 5.13. The quantitative estimate of drug-likeness (QED) is 0.825. The molecule has 7 heteroatoms. The lowest BCUT2D eigenvalue weighted by atomic mass is 9.85. The van der Waals surface area contributed by atoms with Crippen LogP contribution in [0.1, 0.15) is 25.7 Å².